The predicted molar refractivity (Wildman–Crippen MR) is 404 cm³/mol. The van der Waals surface area contributed by atoms with E-state index in [1.165, 1.54) is 0 Å². The lowest BCUT2D eigenvalue weighted by molar-refractivity contribution is -0.412. The van der Waals surface area contributed by atoms with Crippen molar-refractivity contribution >= 4 is 11.9 Å². The summed E-state index contributed by atoms with van der Waals surface area (Å²) in [4.78, 5) is 27.9. The van der Waals surface area contributed by atoms with Gasteiger partial charge in [0.1, 0.15) is 238 Å². The Balaban J connectivity index is 0.958. The van der Waals surface area contributed by atoms with Crippen LogP contribution in [0.25, 0.3) is 0 Å². The van der Waals surface area contributed by atoms with Crippen molar-refractivity contribution in [2.75, 3.05) is 72.7 Å². The van der Waals surface area contributed by atoms with E-state index in [4.69, 9.17) is 111 Å². The highest BCUT2D eigenvalue weighted by Crippen LogP contribution is 2.46. The molecule has 11 heterocycles. The van der Waals surface area contributed by atoms with Crippen molar-refractivity contribution in [1.82, 2.24) is 0 Å². The van der Waals surface area contributed by atoms with Gasteiger partial charge in [0.05, 0.1) is 109 Å². The Morgan fingerprint density at radius 3 is 1.21 bits per heavy atom. The summed E-state index contributed by atoms with van der Waals surface area (Å²) in [5.74, 6) is -11.7. The zero-order chi connectivity index (χ0) is 98.8. The quantitative estimate of drug-likeness (QED) is 0.0273. The molecule has 0 amide bonds. The summed E-state index contributed by atoms with van der Waals surface area (Å²) in [6, 6.07) is -2.26. The summed E-state index contributed by atoms with van der Waals surface area (Å²) in [6.45, 7) is -13.4. The third kappa shape index (κ3) is 23.8. The van der Waals surface area contributed by atoms with E-state index in [0.29, 0.717) is 0 Å². The molecule has 0 aromatic rings. The minimum absolute atomic E-state index is 0.180. The van der Waals surface area contributed by atoms with Gasteiger partial charge in [-0.15, -0.1) is 0 Å². The number of rotatable bonds is 38. The molecule has 11 aliphatic rings. The number of aliphatic hydroxyl groups is 34. The summed E-state index contributed by atoms with van der Waals surface area (Å²) in [5, 5.41) is 401. The third-order valence-electron chi connectivity index (χ3n) is 25.0. The summed E-state index contributed by atoms with van der Waals surface area (Å²) >= 11 is 0. The largest absolute Gasteiger partial charge is 0.477 e. The molecule has 11 aliphatic heterocycles. The maximum atomic E-state index is 14.1. The van der Waals surface area contributed by atoms with Crippen LogP contribution in [-0.4, -0.2) is 611 Å². The van der Waals surface area contributed by atoms with E-state index in [-0.39, 0.29) is 6.42 Å². The standard InChI is InChI=1S/C73H124N2O59/c74-16-1-18(83)30(118-61(16)109)13-115-62-17(75)2-19(84)31(122-62)15-117-72(70(110)111)4-26(132-73(71(112)113)3-20(85)33(91)54(133-73)23(88)7-78)56(55(134-72)24(89)8-79)127-67-49(107)58(46(104)52(125-67)22(87)6-77)129-68-50(108)59(47(105)53(126-68)25(90)12-114-64-44(102)40(98)42(100)51(124-64)21(86)5-76)128-66-48(106)57(37(95)32(123-66)14-116-63-43(101)38(96)34(92)27(9-80)119-63)130-69-60(41(99)36(94)29(11-82)121-69)131-65-45(103)39(97)35(93)28(10-81)120-65/h16-69,76-109H,1-15,74-75H2,(H,110,111)(H,112,113)/t16-,17-,18+,19+,20-,21+,22+,23-,24-,25+,26-,27-,28-,29-,30-,31-,32-,33-,34+,35-,36-,37-,38+,39+,40+,41+,42+,43-,44+,45-,46-,47-,48-,49+,50+,51-,52-,53-,54-,55-,56-,57+,58+,59+,60-,61+,62+,63+,64+,65-,66-,67-,68-,69-,72-,73-/m1/s1. The van der Waals surface area contributed by atoms with Gasteiger partial charge in [-0.3, -0.25) is 0 Å². The second kappa shape index (κ2) is 47.5. The maximum absolute atomic E-state index is 14.1. The predicted octanol–water partition coefficient (Wildman–Crippen LogP) is -25.2. The van der Waals surface area contributed by atoms with E-state index in [9.17, 15) is 193 Å². The molecule has 780 valence electrons. The summed E-state index contributed by atoms with van der Waals surface area (Å²) in [5.41, 5.74) is 12.1. The number of carbonyl (C=O) groups is 2. The maximum Gasteiger partial charge on any atom is 0.364 e. The molecule has 0 bridgehead atoms. The topological polar surface area (TPSA) is 1010 Å². The molecule has 0 aliphatic carbocycles. The second-order valence-corrected chi connectivity index (χ2v) is 34.3. The van der Waals surface area contributed by atoms with Gasteiger partial charge < -0.3 is 295 Å². The molecule has 0 unspecified atom stereocenters. The van der Waals surface area contributed by atoms with E-state index in [2.05, 4.69) is 0 Å². The van der Waals surface area contributed by atoms with E-state index >= 15 is 0 Å². The number of hydrogen-bond donors (Lipinski definition) is 38. The van der Waals surface area contributed by atoms with Gasteiger partial charge in [0.25, 0.3) is 11.6 Å². The molecule has 0 aromatic heterocycles. The number of carboxylic acid groups (broad SMARTS) is 2. The first kappa shape index (κ1) is 111. The van der Waals surface area contributed by atoms with Crippen LogP contribution in [0.4, 0.5) is 0 Å². The van der Waals surface area contributed by atoms with Crippen LogP contribution in [0.2, 0.25) is 0 Å². The highest BCUT2D eigenvalue weighted by Gasteiger charge is 2.66. The highest BCUT2D eigenvalue weighted by atomic mass is 16.8. The highest BCUT2D eigenvalue weighted by molar-refractivity contribution is 5.77. The molecule has 11 rings (SSSR count). The molecule has 40 N–H and O–H groups in total. The molecular weight excluding hydrogens is 1850 g/mol. The van der Waals surface area contributed by atoms with Crippen LogP contribution >= 0.6 is 0 Å². The summed E-state index contributed by atoms with van der Waals surface area (Å²) in [6.07, 6.45) is -124. The van der Waals surface area contributed by atoms with E-state index in [1.54, 1.807) is 0 Å². The fourth-order valence-corrected chi connectivity index (χ4v) is 17.2. The number of ether oxygens (including phenoxy) is 21. The molecule has 0 saturated carbocycles. The van der Waals surface area contributed by atoms with Gasteiger partial charge in [-0.25, -0.2) is 9.59 Å². The van der Waals surface area contributed by atoms with Crippen LogP contribution in [0.5, 0.6) is 0 Å². The van der Waals surface area contributed by atoms with E-state index in [1.807, 2.05) is 0 Å². The number of carboxylic acids is 2. The normalized spacial score (nSPS) is 50.1. The van der Waals surface area contributed by atoms with Crippen molar-refractivity contribution < 1.29 is 293 Å². The van der Waals surface area contributed by atoms with Crippen LogP contribution in [0.15, 0.2) is 0 Å². The van der Waals surface area contributed by atoms with E-state index < -0.39 is 447 Å². The summed E-state index contributed by atoms with van der Waals surface area (Å²) < 4.78 is 122. The van der Waals surface area contributed by atoms with Gasteiger partial charge in [0.2, 0.25) is 0 Å². The second-order valence-electron chi connectivity index (χ2n) is 34.3. The lowest BCUT2D eigenvalue weighted by atomic mass is 9.89. The average Bonchev–Trinajstić information content (AvgIpc) is 0.743. The lowest BCUT2D eigenvalue weighted by Gasteiger charge is -2.52. The van der Waals surface area contributed by atoms with Crippen LogP contribution < -0.4 is 11.5 Å². The number of hydrogen-bond acceptors (Lipinski definition) is 59. The average molecular weight is 1970 g/mol. The van der Waals surface area contributed by atoms with Gasteiger partial charge in [-0.05, 0) is 12.8 Å². The first-order chi connectivity index (χ1) is 63.2. The van der Waals surface area contributed by atoms with Crippen molar-refractivity contribution in [3.8, 4) is 0 Å². The molecule has 11 saturated heterocycles. The van der Waals surface area contributed by atoms with Gasteiger partial charge in [-0.2, -0.15) is 0 Å². The Hall–Kier alpha value is -3.34. The zero-order valence-corrected chi connectivity index (χ0v) is 70.4. The molecule has 0 radical (unpaired) electrons. The zero-order valence-electron chi connectivity index (χ0n) is 70.4. The van der Waals surface area contributed by atoms with Crippen LogP contribution in [0.3, 0.4) is 0 Å². The first-order valence-corrected chi connectivity index (χ1v) is 42.5. The molecule has 56 atom stereocenters. The van der Waals surface area contributed by atoms with Gasteiger partial charge in [-0.1, -0.05) is 0 Å². The van der Waals surface area contributed by atoms with Crippen LogP contribution in [0, 0.1) is 0 Å². The molecule has 61 heteroatoms. The Morgan fingerprint density at radius 1 is 0.306 bits per heavy atom. The number of aliphatic carboxylic acids is 2. The molecule has 134 heavy (non-hydrogen) atoms. The Kier molecular flexibility index (Phi) is 39.3. The van der Waals surface area contributed by atoms with Gasteiger partial charge in [0, 0.05) is 12.8 Å². The van der Waals surface area contributed by atoms with Crippen molar-refractivity contribution in [2.45, 2.75) is 368 Å². The monoisotopic (exact) mass is 1970 g/mol. The fourth-order valence-electron chi connectivity index (χ4n) is 17.2. The molecule has 0 aromatic carbocycles. The minimum atomic E-state index is -3.58. The smallest absolute Gasteiger partial charge is 0.364 e. The SMILES string of the molecule is N[C@@H]1C[C@H](O)[C@@H](CO[C@]2(C(=O)O)C[C@@H](O[C@]3(C(=O)O)C[C@@H](O)[C@@H](O)[C@@H]([C@H](O)CO)O3)[C@@H](O[C@H]3O[C@H]([C@@H](O)CO)[C@@H](O)[C@H](O[C@H]4O[C@H]([C@@H](O)CO[C@H]5O[C@H]([C@@H](O)CO)[C@@H](O)[C@H](O)[C@@H]5O)[C@@H](O)[C@H](O[C@H]5O[C@H](CO[C@H]6O[C@H](CO)[C@H](O)[C@H](O)[C@H]6O)[C@@H](O)[C@H](O[C@H]6O[C@H](CO)[C@@H](O)[C@H](O)[C@H]6O[C@H]6O[C@H](CO)[C@@H](O)[C@H](O)[C@H]6O)[C@H]5O)[C@@H]4O)[C@@H]3O)[C@@H]([C@H](O)CO)O2)O[C@@H]1OC[C@H]1O[C@H](O)[C@H](N)C[C@@H]1O. The summed E-state index contributed by atoms with van der Waals surface area (Å²) in [7, 11) is 0. The Labute approximate surface area is 755 Å². The molecule has 0 spiro atoms. The minimum Gasteiger partial charge on any atom is -0.477 e. The van der Waals surface area contributed by atoms with Crippen molar-refractivity contribution in [2.24, 2.45) is 11.5 Å². The van der Waals surface area contributed by atoms with Crippen LogP contribution in [-0.2, 0) is 109 Å². The molecular formula is C73H124N2O59. The van der Waals surface area contributed by atoms with E-state index in [0.717, 1.165) is 0 Å². The molecule has 61 nitrogen and oxygen atoms in total. The Bertz CT molecular complexity index is 3590. The lowest BCUT2D eigenvalue weighted by Crippen LogP contribution is -2.71. The first-order valence-electron chi connectivity index (χ1n) is 42.5. The van der Waals surface area contributed by atoms with Crippen molar-refractivity contribution in [1.29, 1.82) is 0 Å². The molecule has 11 fully saturated rings. The van der Waals surface area contributed by atoms with Gasteiger partial charge >= 0.3 is 11.9 Å². The van der Waals surface area contributed by atoms with Crippen LogP contribution in [0.1, 0.15) is 25.7 Å². The Morgan fingerprint density at radius 2 is 0.679 bits per heavy atom. The number of aliphatic hydroxyl groups excluding tert-OH is 34. The fraction of sp³-hybridized carbons (Fsp3) is 0.973. The van der Waals surface area contributed by atoms with Crippen molar-refractivity contribution in [3.05, 3.63) is 0 Å². The third-order valence-corrected chi connectivity index (χ3v) is 25.0. The van der Waals surface area contributed by atoms with Crippen molar-refractivity contribution in [3.63, 3.8) is 0 Å². The van der Waals surface area contributed by atoms with Gasteiger partial charge in [0.15, 0.2) is 56.6 Å². The number of nitrogens with two attached hydrogens (primary N) is 2.